The summed E-state index contributed by atoms with van der Waals surface area (Å²) in [6.07, 6.45) is 2.20. The fourth-order valence-corrected chi connectivity index (χ4v) is 4.06. The molecule has 1 aliphatic rings. The lowest BCUT2D eigenvalue weighted by Crippen LogP contribution is -2.08. The third-order valence-corrected chi connectivity index (χ3v) is 6.10. The maximum Gasteiger partial charge on any atom is 0.434 e. The van der Waals surface area contributed by atoms with Crippen LogP contribution in [-0.2, 0) is 19.8 Å². The molecular formula is C25H22F4N8O. The summed E-state index contributed by atoms with van der Waals surface area (Å²) >= 11 is 0. The highest BCUT2D eigenvalue weighted by molar-refractivity contribution is 5.84. The highest BCUT2D eigenvalue weighted by atomic mass is 19.4. The van der Waals surface area contributed by atoms with E-state index in [0.717, 1.165) is 35.5 Å². The molecular weight excluding hydrogens is 504 g/mol. The first-order valence-electron chi connectivity index (χ1n) is 11.6. The van der Waals surface area contributed by atoms with Gasteiger partial charge in [0.2, 0.25) is 5.88 Å². The smallest absolute Gasteiger partial charge is 0.434 e. The number of alkyl halides is 3. The lowest BCUT2D eigenvalue weighted by Gasteiger charge is -2.14. The first kappa shape index (κ1) is 25.2. The predicted octanol–water partition coefficient (Wildman–Crippen LogP) is 4.99. The Morgan fingerprint density at radius 1 is 1.18 bits per heavy atom. The number of nitrogens with one attached hydrogen (secondary N) is 2. The van der Waals surface area contributed by atoms with Gasteiger partial charge in [-0.1, -0.05) is 6.07 Å². The van der Waals surface area contributed by atoms with Crippen LogP contribution in [0.5, 0.6) is 5.88 Å². The summed E-state index contributed by atoms with van der Waals surface area (Å²) in [6, 6.07) is 4.18. The van der Waals surface area contributed by atoms with Gasteiger partial charge in [-0.05, 0) is 30.5 Å². The third kappa shape index (κ3) is 4.91. The number of hydrogen-bond donors (Lipinski definition) is 2. The minimum Gasteiger partial charge on any atom is -0.480 e. The SMILES string of the molecule is COc1ncnc(C2CC2)c1-c1ncc(C=N)c(NCc2ccc(-c3nc(C(F)(F)F)cn3C)c(F)c2)n1. The molecule has 13 heteroatoms. The Balaban J connectivity index is 1.41. The lowest BCUT2D eigenvalue weighted by molar-refractivity contribution is -0.140. The Bertz CT molecular complexity index is 1510. The van der Waals surface area contributed by atoms with E-state index in [2.05, 4.69) is 30.2 Å². The van der Waals surface area contributed by atoms with Crippen molar-refractivity contribution in [3.8, 4) is 28.7 Å². The van der Waals surface area contributed by atoms with E-state index in [1.165, 1.54) is 38.8 Å². The highest BCUT2D eigenvalue weighted by Crippen LogP contribution is 2.45. The molecule has 0 aliphatic heterocycles. The quantitative estimate of drug-likeness (QED) is 0.246. The normalized spacial score (nSPS) is 13.4. The van der Waals surface area contributed by atoms with E-state index in [0.29, 0.717) is 34.2 Å². The second kappa shape index (κ2) is 9.80. The van der Waals surface area contributed by atoms with Gasteiger partial charge in [-0.25, -0.2) is 29.3 Å². The Hall–Kier alpha value is -4.42. The molecule has 196 valence electrons. The van der Waals surface area contributed by atoms with Gasteiger partial charge in [-0.15, -0.1) is 0 Å². The van der Waals surface area contributed by atoms with E-state index in [1.54, 1.807) is 6.07 Å². The van der Waals surface area contributed by atoms with E-state index in [9.17, 15) is 17.6 Å². The Morgan fingerprint density at radius 3 is 2.61 bits per heavy atom. The Kier molecular flexibility index (Phi) is 6.51. The van der Waals surface area contributed by atoms with Gasteiger partial charge in [0.15, 0.2) is 11.5 Å². The largest absolute Gasteiger partial charge is 0.480 e. The number of ether oxygens (including phenoxy) is 1. The Morgan fingerprint density at radius 2 is 1.97 bits per heavy atom. The fraction of sp³-hybridized carbons (Fsp3) is 0.280. The Labute approximate surface area is 214 Å². The van der Waals surface area contributed by atoms with Crippen LogP contribution in [0.1, 0.15) is 41.3 Å². The highest BCUT2D eigenvalue weighted by Gasteiger charge is 2.35. The van der Waals surface area contributed by atoms with Crippen LogP contribution in [0.2, 0.25) is 0 Å². The van der Waals surface area contributed by atoms with Crippen molar-refractivity contribution in [2.24, 2.45) is 7.05 Å². The molecule has 3 aromatic heterocycles. The number of hydrogen-bond acceptors (Lipinski definition) is 8. The molecule has 5 rings (SSSR count). The molecule has 38 heavy (non-hydrogen) atoms. The summed E-state index contributed by atoms with van der Waals surface area (Å²) in [4.78, 5) is 21.1. The molecule has 0 spiro atoms. The van der Waals surface area contributed by atoms with Gasteiger partial charge in [0.05, 0.1) is 23.9 Å². The number of aromatic nitrogens is 6. The van der Waals surface area contributed by atoms with E-state index < -0.39 is 17.7 Å². The number of aryl methyl sites for hydroxylation is 1. The second-order valence-electron chi connectivity index (χ2n) is 8.79. The molecule has 1 aromatic carbocycles. The summed E-state index contributed by atoms with van der Waals surface area (Å²) in [5, 5.41) is 10.8. The van der Waals surface area contributed by atoms with E-state index in [-0.39, 0.29) is 23.9 Å². The first-order chi connectivity index (χ1) is 18.2. The van der Waals surface area contributed by atoms with Crippen LogP contribution in [-0.4, -0.2) is 42.8 Å². The van der Waals surface area contributed by atoms with Gasteiger partial charge < -0.3 is 20.0 Å². The average molecular weight is 526 g/mol. The predicted molar refractivity (Wildman–Crippen MR) is 130 cm³/mol. The van der Waals surface area contributed by atoms with Gasteiger partial charge in [0.25, 0.3) is 0 Å². The zero-order valence-electron chi connectivity index (χ0n) is 20.3. The van der Waals surface area contributed by atoms with E-state index in [4.69, 9.17) is 10.1 Å². The van der Waals surface area contributed by atoms with Gasteiger partial charge in [-0.2, -0.15) is 13.2 Å². The molecule has 9 nitrogen and oxygen atoms in total. The third-order valence-electron chi connectivity index (χ3n) is 6.10. The zero-order valence-corrected chi connectivity index (χ0v) is 20.3. The van der Waals surface area contributed by atoms with Crippen LogP contribution >= 0.6 is 0 Å². The van der Waals surface area contributed by atoms with Crippen molar-refractivity contribution in [2.75, 3.05) is 12.4 Å². The van der Waals surface area contributed by atoms with E-state index in [1.807, 2.05) is 0 Å². The second-order valence-corrected chi connectivity index (χ2v) is 8.79. The van der Waals surface area contributed by atoms with Crippen LogP contribution in [0.15, 0.2) is 36.9 Å². The van der Waals surface area contributed by atoms with Crippen molar-refractivity contribution in [3.63, 3.8) is 0 Å². The van der Waals surface area contributed by atoms with Crippen LogP contribution in [0.25, 0.3) is 22.8 Å². The summed E-state index contributed by atoms with van der Waals surface area (Å²) in [5.74, 6) is 0.428. The monoisotopic (exact) mass is 526 g/mol. The maximum atomic E-state index is 14.9. The van der Waals surface area contributed by atoms with Crippen molar-refractivity contribution in [2.45, 2.75) is 31.5 Å². The summed E-state index contributed by atoms with van der Waals surface area (Å²) in [7, 11) is 2.88. The van der Waals surface area contributed by atoms with Gasteiger partial charge in [-0.3, -0.25) is 0 Å². The van der Waals surface area contributed by atoms with E-state index >= 15 is 0 Å². The van der Waals surface area contributed by atoms with Crippen molar-refractivity contribution >= 4 is 12.0 Å². The van der Waals surface area contributed by atoms with Gasteiger partial charge >= 0.3 is 6.18 Å². The molecule has 0 atom stereocenters. The first-order valence-corrected chi connectivity index (χ1v) is 11.6. The fourth-order valence-electron chi connectivity index (χ4n) is 4.06. The molecule has 3 heterocycles. The zero-order chi connectivity index (χ0) is 27.0. The van der Waals surface area contributed by atoms with Crippen LogP contribution < -0.4 is 10.1 Å². The lowest BCUT2D eigenvalue weighted by atomic mass is 10.1. The van der Waals surface area contributed by atoms with Crippen molar-refractivity contribution in [1.82, 2.24) is 29.5 Å². The molecule has 1 fully saturated rings. The van der Waals surface area contributed by atoms with Gasteiger partial charge in [0.1, 0.15) is 29.4 Å². The molecule has 4 aromatic rings. The molecule has 0 radical (unpaired) electrons. The van der Waals surface area contributed by atoms with Crippen LogP contribution in [0.3, 0.4) is 0 Å². The number of benzene rings is 1. The molecule has 0 bridgehead atoms. The minimum absolute atomic E-state index is 0.0555. The molecule has 1 aliphatic carbocycles. The molecule has 0 saturated heterocycles. The van der Waals surface area contributed by atoms with Crippen LogP contribution in [0.4, 0.5) is 23.4 Å². The number of anilines is 1. The summed E-state index contributed by atoms with van der Waals surface area (Å²) in [6.45, 7) is 0.126. The standard InChI is InChI=1S/C25H22F4N8O/c1-37-11-18(25(27,28)29)35-23(37)16-6-3-13(7-17(16)26)9-31-21-15(8-30)10-32-22(36-21)19-20(14-4-5-14)33-12-34-24(19)38-2/h3,6-8,10-12,14,30H,4-5,9H2,1-2H3,(H,31,32,36). The number of imidazole rings is 1. The topological polar surface area (TPSA) is 114 Å². The maximum absolute atomic E-state index is 14.9. The van der Waals surface area contributed by atoms with Crippen molar-refractivity contribution in [1.29, 1.82) is 5.41 Å². The molecule has 0 unspecified atom stereocenters. The number of nitrogens with zero attached hydrogens (tertiary/aromatic N) is 6. The number of rotatable bonds is 8. The van der Waals surface area contributed by atoms with Crippen molar-refractivity contribution in [3.05, 3.63) is 65.3 Å². The van der Waals surface area contributed by atoms with Crippen molar-refractivity contribution < 1.29 is 22.3 Å². The minimum atomic E-state index is -4.63. The molecule has 2 N–H and O–H groups in total. The molecule has 0 amide bonds. The number of halogens is 4. The molecule has 1 saturated carbocycles. The average Bonchev–Trinajstić information content (AvgIpc) is 3.67. The van der Waals surface area contributed by atoms with Gasteiger partial charge in [0, 0.05) is 38.1 Å². The van der Waals surface area contributed by atoms with Crippen LogP contribution in [0, 0.1) is 11.2 Å². The summed E-state index contributed by atoms with van der Waals surface area (Å²) < 4.78 is 60.5. The summed E-state index contributed by atoms with van der Waals surface area (Å²) in [5.41, 5.74) is 1.14. The number of methoxy groups -OCH3 is 1.